The van der Waals surface area contributed by atoms with Gasteiger partial charge in [-0.3, -0.25) is 38.5 Å². The van der Waals surface area contributed by atoms with Gasteiger partial charge in [-0.1, -0.05) is 50.9 Å². The highest BCUT2D eigenvalue weighted by Crippen LogP contribution is 2.50. The highest BCUT2D eigenvalue weighted by atomic mass is 35.5. The number of Topliss-reactive ketones (excluding diaryl/α,β-unsaturated/α-hetero) is 1. The second-order valence-corrected chi connectivity index (χ2v) is 25.4. The molecule has 0 spiro atoms. The molecule has 4 saturated heterocycles. The summed E-state index contributed by atoms with van der Waals surface area (Å²) >= 11 is 13.8. The summed E-state index contributed by atoms with van der Waals surface area (Å²) in [5, 5.41) is 2.01. The van der Waals surface area contributed by atoms with Crippen LogP contribution in [0.3, 0.4) is 0 Å². The maximum atomic E-state index is 15.4. The molecular formula is C60H85Cl2N3O19S. The second kappa shape index (κ2) is 29.0. The van der Waals surface area contributed by atoms with Gasteiger partial charge in [-0.15, -0.1) is 11.8 Å². The number of cyclic esters (lactones) is 1. The summed E-state index contributed by atoms with van der Waals surface area (Å²) in [4.78, 5) is 102. The van der Waals surface area contributed by atoms with E-state index in [0.29, 0.717) is 5.75 Å². The van der Waals surface area contributed by atoms with E-state index in [1.165, 1.54) is 77.2 Å². The summed E-state index contributed by atoms with van der Waals surface area (Å²) in [6, 6.07) is 3.90. The molecule has 4 aliphatic heterocycles. The van der Waals surface area contributed by atoms with Crippen molar-refractivity contribution in [2.75, 3.05) is 46.1 Å². The van der Waals surface area contributed by atoms with Gasteiger partial charge < -0.3 is 67.1 Å². The normalized spacial score (nSPS) is 35.5. The van der Waals surface area contributed by atoms with Crippen molar-refractivity contribution in [2.45, 2.75) is 199 Å². The number of carbonyl (C=O) groups is 7. The first-order chi connectivity index (χ1) is 39.9. The van der Waals surface area contributed by atoms with Crippen LogP contribution in [0.2, 0.25) is 10.0 Å². The average Bonchev–Trinajstić information content (AvgIpc) is 1.97. The van der Waals surface area contributed by atoms with Crippen LogP contribution in [0.15, 0.2) is 30.6 Å². The molecular weight excluding hydrogens is 1170 g/mol. The van der Waals surface area contributed by atoms with Crippen LogP contribution >= 0.6 is 35.0 Å². The second-order valence-electron chi connectivity index (χ2n) is 23.4. The van der Waals surface area contributed by atoms with Crippen molar-refractivity contribution in [2.24, 2.45) is 29.6 Å². The highest BCUT2D eigenvalue weighted by Gasteiger charge is 2.62. The largest absolute Gasteiger partial charge is 0.493 e. The Hall–Kier alpha value is -4.85. The van der Waals surface area contributed by atoms with Gasteiger partial charge in [-0.05, 0) is 79.0 Å². The number of pyridine rings is 1. The van der Waals surface area contributed by atoms with Crippen LogP contribution < -0.4 is 14.8 Å². The third-order valence-electron chi connectivity index (χ3n) is 17.3. The number of esters is 4. The van der Waals surface area contributed by atoms with E-state index in [-0.39, 0.29) is 76.8 Å². The predicted molar refractivity (Wildman–Crippen MR) is 313 cm³/mol. The Morgan fingerprint density at radius 1 is 0.812 bits per heavy atom. The molecule has 4 aliphatic rings. The Morgan fingerprint density at radius 2 is 1.45 bits per heavy atom. The minimum atomic E-state index is -1.55. The maximum absolute atomic E-state index is 15.4. The minimum Gasteiger partial charge on any atom is -0.493 e. The van der Waals surface area contributed by atoms with Crippen LogP contribution in [-0.4, -0.2) is 175 Å². The van der Waals surface area contributed by atoms with Crippen LogP contribution in [-0.2, 0) is 76.1 Å². The molecule has 0 aliphatic carbocycles. The number of nitrogens with zero attached hydrogens (tertiary/aromatic N) is 2. The number of benzene rings is 1. The summed E-state index contributed by atoms with van der Waals surface area (Å²) < 4.78 is 76.2. The summed E-state index contributed by atoms with van der Waals surface area (Å²) in [7, 11) is 6.02. The minimum absolute atomic E-state index is 0.00191. The smallest absolute Gasteiger partial charge is 0.320 e. The van der Waals surface area contributed by atoms with Crippen molar-refractivity contribution >= 4 is 82.1 Å². The number of amides is 2. The number of ether oxygens (including phenoxy) is 12. The molecule has 2 amide bonds. The Morgan fingerprint density at radius 3 is 2.04 bits per heavy atom. The highest BCUT2D eigenvalue weighted by molar-refractivity contribution is 8.00. The number of nitrogens with one attached hydrogen (secondary N) is 1. The summed E-state index contributed by atoms with van der Waals surface area (Å²) in [5.74, 6) is -7.59. The van der Waals surface area contributed by atoms with Gasteiger partial charge >= 0.3 is 23.9 Å². The van der Waals surface area contributed by atoms with E-state index in [4.69, 9.17) is 80.0 Å². The van der Waals surface area contributed by atoms with E-state index in [9.17, 15) is 24.0 Å². The molecule has 5 heterocycles. The lowest BCUT2D eigenvalue weighted by molar-refractivity contribution is -0.320. The number of likely N-dealkylation sites (N-methyl/N-ethyl adjacent to an activating group) is 1. The lowest BCUT2D eigenvalue weighted by Gasteiger charge is -2.50. The number of thioether (sulfide) groups is 1. The van der Waals surface area contributed by atoms with Crippen molar-refractivity contribution in [3.63, 3.8) is 0 Å². The fraction of sp³-hybridized carbons (Fsp3) is 0.700. The Bertz CT molecular complexity index is 2720. The van der Waals surface area contributed by atoms with E-state index >= 15 is 9.59 Å². The molecule has 1 N–H and O–H groups in total. The monoisotopic (exact) mass is 1250 g/mol. The zero-order valence-electron chi connectivity index (χ0n) is 51.7. The van der Waals surface area contributed by atoms with E-state index in [0.717, 1.165) is 0 Å². The number of fused-ring (bicyclic) bond motifs is 1. The number of rotatable bonds is 18. The number of hydrogen-bond donors (Lipinski definition) is 1. The molecule has 1 aromatic heterocycles. The predicted octanol–water partition coefficient (Wildman–Crippen LogP) is 8.46. The third-order valence-corrected chi connectivity index (χ3v) is 19.1. The fourth-order valence-corrected chi connectivity index (χ4v) is 14.5. The fourth-order valence-electron chi connectivity index (χ4n) is 12.7. The van der Waals surface area contributed by atoms with Crippen LogP contribution in [0.1, 0.15) is 126 Å². The van der Waals surface area contributed by atoms with Crippen LogP contribution in [0.5, 0.6) is 11.5 Å². The van der Waals surface area contributed by atoms with E-state index < -0.39 is 143 Å². The average molecular weight is 1260 g/mol. The molecule has 2 aromatic rings. The van der Waals surface area contributed by atoms with Crippen molar-refractivity contribution in [1.82, 2.24) is 9.88 Å². The van der Waals surface area contributed by atoms with Crippen molar-refractivity contribution in [3.8, 4) is 11.5 Å². The number of hydrogen-bond acceptors (Lipinski definition) is 21. The topological polar surface area (TPSA) is 258 Å². The molecule has 474 valence electrons. The van der Waals surface area contributed by atoms with E-state index in [1.54, 1.807) is 81.5 Å². The van der Waals surface area contributed by atoms with Gasteiger partial charge in [0, 0.05) is 95.8 Å². The standard InChI is InChI=1S/C60H85Cl2N3O19S/c1-18-44-60(13)46(51(56(72)84-60)85-22-21-76-43-24-38(19-20-42(43)73-15)54(70)64-47-39(61)27-63-28-40(47)62)31(4)48(69)29(2)25-58(11,74-16)52(83-57-50(79-36(9)67)41(23-30(3)77-57)65(14)35(8)66)32(5)49(33(6)55(71)81-44)82-45-26-59(12,75-17)53(34(7)78-45)80-37(10)68/h19-20,24,27-34,41,44-46,49-53,57H,18,21-23,25-26H2,1-17H3,(H,63,64,70)/t29-,30-,31-,32+,33-,34+,41+,44-,45+,46+,49+,50-,51?,52-,53+,57+,58-,59-,60-/m1/s1. The first kappa shape index (κ1) is 69.3. The van der Waals surface area contributed by atoms with E-state index in [2.05, 4.69) is 10.3 Å². The molecule has 85 heavy (non-hydrogen) atoms. The number of methoxy groups -OCH3 is 3. The molecule has 0 bridgehead atoms. The Balaban J connectivity index is 1.39. The first-order valence-electron chi connectivity index (χ1n) is 28.7. The van der Waals surface area contributed by atoms with Crippen molar-refractivity contribution in [3.05, 3.63) is 46.2 Å². The van der Waals surface area contributed by atoms with Crippen LogP contribution in [0.4, 0.5) is 5.69 Å². The van der Waals surface area contributed by atoms with Gasteiger partial charge in [0.25, 0.3) is 5.91 Å². The molecule has 0 radical (unpaired) electrons. The van der Waals surface area contributed by atoms with Gasteiger partial charge in [0.2, 0.25) is 5.91 Å². The van der Waals surface area contributed by atoms with E-state index in [1.807, 2.05) is 6.92 Å². The quantitative estimate of drug-likeness (QED) is 0.0833. The zero-order chi connectivity index (χ0) is 63.2. The maximum Gasteiger partial charge on any atom is 0.320 e. The molecule has 1 aromatic carbocycles. The summed E-state index contributed by atoms with van der Waals surface area (Å²) in [6.45, 7) is 21.4. The number of anilines is 1. The van der Waals surface area contributed by atoms with Crippen molar-refractivity contribution in [1.29, 1.82) is 0 Å². The van der Waals surface area contributed by atoms with Gasteiger partial charge in [-0.2, -0.15) is 0 Å². The molecule has 1 unspecified atom stereocenters. The zero-order valence-corrected chi connectivity index (χ0v) is 54.0. The molecule has 6 rings (SSSR count). The molecule has 25 heteroatoms. The number of carbonyl (C=O) groups excluding carboxylic acids is 7. The lowest BCUT2D eigenvalue weighted by Crippen LogP contribution is -2.62. The molecule has 4 fully saturated rings. The number of ketones is 1. The Kier molecular flexibility index (Phi) is 23.6. The molecule has 19 atom stereocenters. The lowest BCUT2D eigenvalue weighted by atomic mass is 9.70. The first-order valence-corrected chi connectivity index (χ1v) is 30.5. The molecule has 0 saturated carbocycles. The molecule has 22 nitrogen and oxygen atoms in total. The van der Waals surface area contributed by atoms with Gasteiger partial charge in [0.15, 0.2) is 41.9 Å². The summed E-state index contributed by atoms with van der Waals surface area (Å²) in [5.41, 5.74) is -3.78. The number of halogens is 2. The van der Waals surface area contributed by atoms with Gasteiger partial charge in [-0.25, -0.2) is 0 Å². The van der Waals surface area contributed by atoms with Gasteiger partial charge in [0.05, 0.1) is 71.4 Å². The number of aromatic nitrogens is 1. The Labute approximate surface area is 512 Å². The van der Waals surface area contributed by atoms with Crippen LogP contribution in [0, 0.1) is 29.6 Å². The van der Waals surface area contributed by atoms with Crippen LogP contribution in [0.25, 0.3) is 0 Å². The van der Waals surface area contributed by atoms with Gasteiger partial charge in [0.1, 0.15) is 22.7 Å². The third kappa shape index (κ3) is 15.5. The summed E-state index contributed by atoms with van der Waals surface area (Å²) in [6.07, 6.45) is -6.03. The van der Waals surface area contributed by atoms with Crippen molar-refractivity contribution < 1.29 is 90.4 Å². The SMILES string of the molecule is CC[C@H]1OC(=O)[C@H](C)[C@@H](O[C@H]2C[C@@](C)(OC)[C@@H](OC(C)=O)[C@H](C)O2)[C@H](C)[C@@H](O[C@@H]2O[C@H](C)C[C@H](N(C)C(C)=O)[C@H]2OC(C)=O)[C@](C)(OC)C[C@@H](C)C(=O)[C@H](C)[C@H]2C(SCCOc3cc(C(=O)Nc4c(Cl)cncc4Cl)ccc3OC)C(=O)O[C@@]21C.